The van der Waals surface area contributed by atoms with Crippen molar-refractivity contribution < 1.29 is 22.0 Å². The number of rotatable bonds is 7. The molecule has 0 bridgehead atoms. The molecule has 0 unspecified atom stereocenters. The van der Waals surface area contributed by atoms with E-state index in [1.54, 1.807) is 31.2 Å². The Labute approximate surface area is 196 Å². The quantitative estimate of drug-likeness (QED) is 0.394. The van der Waals surface area contributed by atoms with Crippen LogP contribution in [-0.4, -0.2) is 31.3 Å². The number of halogens is 2. The van der Waals surface area contributed by atoms with Gasteiger partial charge in [0.2, 0.25) is 0 Å². The van der Waals surface area contributed by atoms with Crippen molar-refractivity contribution in [2.24, 2.45) is 0 Å². The molecule has 1 aromatic heterocycles. The van der Waals surface area contributed by atoms with Crippen LogP contribution in [0.5, 0.6) is 0 Å². The smallest absolute Gasteiger partial charge is 0.319 e. The number of anilines is 1. The maximum atomic E-state index is 13.3. The first-order valence-electron chi connectivity index (χ1n) is 10.6. The van der Waals surface area contributed by atoms with Crippen molar-refractivity contribution in [2.45, 2.75) is 18.4 Å². The minimum Gasteiger partial charge on any atom is -0.339 e. The van der Waals surface area contributed by atoms with Crippen LogP contribution < -0.4 is 10.6 Å². The number of benzene rings is 3. The Morgan fingerprint density at radius 2 is 1.53 bits per heavy atom. The number of sulfone groups is 1. The number of fused-ring (bicyclic) bond motifs is 1. The lowest BCUT2D eigenvalue weighted by Gasteiger charge is -2.10. The number of urea groups is 1. The maximum Gasteiger partial charge on any atom is 0.319 e. The van der Waals surface area contributed by atoms with Crippen LogP contribution in [0.25, 0.3) is 10.9 Å². The van der Waals surface area contributed by atoms with Gasteiger partial charge in [-0.25, -0.2) is 22.0 Å². The summed E-state index contributed by atoms with van der Waals surface area (Å²) >= 11 is 0. The van der Waals surface area contributed by atoms with Gasteiger partial charge in [-0.05, 0) is 55.0 Å². The van der Waals surface area contributed by atoms with Crippen molar-refractivity contribution in [1.29, 1.82) is 0 Å². The van der Waals surface area contributed by atoms with Crippen LogP contribution in [0.3, 0.4) is 0 Å². The lowest BCUT2D eigenvalue weighted by molar-refractivity contribution is 0.252. The molecular weight excluding hydrogens is 460 g/mol. The monoisotopic (exact) mass is 483 g/mol. The summed E-state index contributed by atoms with van der Waals surface area (Å²) in [6.45, 7) is 2.03. The minimum atomic E-state index is -3.74. The van der Waals surface area contributed by atoms with Gasteiger partial charge in [0, 0.05) is 35.4 Å². The summed E-state index contributed by atoms with van der Waals surface area (Å²) < 4.78 is 54.7. The molecule has 9 heteroatoms. The summed E-state index contributed by atoms with van der Waals surface area (Å²) in [6, 6.07) is 17.9. The topological polar surface area (TPSA) is 80.2 Å². The normalized spacial score (nSPS) is 11.5. The third-order valence-electron chi connectivity index (χ3n) is 5.50. The molecule has 0 aliphatic rings. The highest BCUT2D eigenvalue weighted by atomic mass is 32.2. The van der Waals surface area contributed by atoms with Gasteiger partial charge in [0.25, 0.3) is 0 Å². The summed E-state index contributed by atoms with van der Waals surface area (Å²) in [5.41, 5.74) is 2.56. The fraction of sp³-hybridized carbons (Fsp3) is 0.160. The zero-order chi connectivity index (χ0) is 24.3. The predicted octanol–water partition coefficient (Wildman–Crippen LogP) is 4.87. The lowest BCUT2D eigenvalue weighted by Crippen LogP contribution is -2.33. The van der Waals surface area contributed by atoms with E-state index in [0.717, 1.165) is 11.1 Å². The first kappa shape index (κ1) is 23.4. The number of aromatic nitrogens is 1. The third-order valence-corrected chi connectivity index (χ3v) is 7.38. The van der Waals surface area contributed by atoms with Gasteiger partial charge in [-0.2, -0.15) is 0 Å². The van der Waals surface area contributed by atoms with Crippen molar-refractivity contribution >= 4 is 32.5 Å². The van der Waals surface area contributed by atoms with E-state index in [0.29, 0.717) is 23.3 Å². The second kappa shape index (κ2) is 9.64. The molecule has 0 fully saturated rings. The molecule has 6 nitrogen and oxygen atoms in total. The van der Waals surface area contributed by atoms with E-state index in [9.17, 15) is 22.0 Å². The van der Waals surface area contributed by atoms with Gasteiger partial charge in [0.1, 0.15) is 11.6 Å². The highest BCUT2D eigenvalue weighted by Gasteiger charge is 2.25. The van der Waals surface area contributed by atoms with Gasteiger partial charge in [0.15, 0.2) is 9.84 Å². The molecule has 0 aliphatic heterocycles. The molecule has 176 valence electrons. The number of nitrogens with one attached hydrogen (secondary N) is 2. The number of para-hydroxylation sites is 1. The highest BCUT2D eigenvalue weighted by molar-refractivity contribution is 7.91. The Balaban J connectivity index is 1.52. The number of hydrogen-bond acceptors (Lipinski definition) is 3. The van der Waals surface area contributed by atoms with Gasteiger partial charge in [0.05, 0.1) is 10.6 Å². The molecule has 0 aliphatic carbocycles. The number of nitrogens with zero attached hydrogens (tertiary/aromatic N) is 1. The van der Waals surface area contributed by atoms with Crippen molar-refractivity contribution in [3.8, 4) is 0 Å². The Kier molecular flexibility index (Phi) is 6.65. The first-order valence-corrected chi connectivity index (χ1v) is 12.3. The molecule has 0 atom stereocenters. The average Bonchev–Trinajstić information content (AvgIpc) is 3.09. The molecule has 0 spiro atoms. The summed E-state index contributed by atoms with van der Waals surface area (Å²) in [5.74, 6) is -1.06. The SMILES string of the molecule is Cc1c(S(=O)(=O)CCNC(=O)Nc2ccc(F)cc2)c2ccccc2n1Cc1ccc(F)cc1. The van der Waals surface area contributed by atoms with Crippen LogP contribution in [-0.2, 0) is 16.4 Å². The molecule has 34 heavy (non-hydrogen) atoms. The predicted molar refractivity (Wildman–Crippen MR) is 128 cm³/mol. The van der Waals surface area contributed by atoms with Crippen molar-refractivity contribution in [2.75, 3.05) is 17.6 Å². The van der Waals surface area contributed by atoms with Gasteiger partial charge in [-0.15, -0.1) is 0 Å². The van der Waals surface area contributed by atoms with Gasteiger partial charge in [-0.1, -0.05) is 30.3 Å². The van der Waals surface area contributed by atoms with Crippen LogP contribution in [0.15, 0.2) is 77.7 Å². The molecule has 2 amide bonds. The Bertz CT molecular complexity index is 1430. The Hall–Kier alpha value is -3.72. The zero-order valence-corrected chi connectivity index (χ0v) is 19.2. The standard InChI is InChI=1S/C25H23F2N3O3S/c1-17-24(34(32,33)15-14-28-25(31)29-21-12-10-20(27)11-13-21)22-4-2-3-5-23(22)30(17)16-18-6-8-19(26)9-7-18/h2-13H,14-16H2,1H3,(H2,28,29,31). The molecule has 0 saturated carbocycles. The second-order valence-electron chi connectivity index (χ2n) is 7.85. The molecule has 4 aromatic rings. The second-order valence-corrected chi connectivity index (χ2v) is 9.90. The van der Waals surface area contributed by atoms with E-state index in [1.165, 1.54) is 36.4 Å². The van der Waals surface area contributed by atoms with E-state index in [2.05, 4.69) is 10.6 Å². The number of hydrogen-bond donors (Lipinski definition) is 2. The molecule has 1 heterocycles. The van der Waals surface area contributed by atoms with Gasteiger partial charge >= 0.3 is 6.03 Å². The fourth-order valence-electron chi connectivity index (χ4n) is 3.88. The molecule has 3 aromatic carbocycles. The number of carbonyl (C=O) groups excluding carboxylic acids is 1. The van der Waals surface area contributed by atoms with E-state index in [4.69, 9.17) is 0 Å². The van der Waals surface area contributed by atoms with E-state index < -0.39 is 21.7 Å². The summed E-state index contributed by atoms with van der Waals surface area (Å²) in [7, 11) is -3.74. The van der Waals surface area contributed by atoms with Crippen LogP contribution in [0.1, 0.15) is 11.3 Å². The summed E-state index contributed by atoms with van der Waals surface area (Å²) in [5, 5.41) is 5.65. The van der Waals surface area contributed by atoms with E-state index in [-0.39, 0.29) is 23.0 Å². The summed E-state index contributed by atoms with van der Waals surface area (Å²) in [6.07, 6.45) is 0. The molecule has 4 rings (SSSR count). The fourth-order valence-corrected chi connectivity index (χ4v) is 5.52. The molecule has 0 saturated heterocycles. The minimum absolute atomic E-state index is 0.105. The van der Waals surface area contributed by atoms with E-state index >= 15 is 0 Å². The Morgan fingerprint density at radius 1 is 0.912 bits per heavy atom. The number of carbonyl (C=O) groups is 1. The van der Waals surface area contributed by atoms with Crippen molar-refractivity contribution in [3.63, 3.8) is 0 Å². The number of amides is 2. The molecule has 0 radical (unpaired) electrons. The zero-order valence-electron chi connectivity index (χ0n) is 18.4. The summed E-state index contributed by atoms with van der Waals surface area (Å²) in [4.78, 5) is 12.3. The van der Waals surface area contributed by atoms with E-state index in [1.807, 2.05) is 16.7 Å². The molecular formula is C25H23F2N3O3S. The third kappa shape index (κ3) is 5.09. The van der Waals surface area contributed by atoms with Gasteiger partial charge in [-0.3, -0.25) is 0 Å². The van der Waals surface area contributed by atoms with Crippen LogP contribution in [0.2, 0.25) is 0 Å². The molecule has 2 N–H and O–H groups in total. The highest BCUT2D eigenvalue weighted by Crippen LogP contribution is 2.31. The van der Waals surface area contributed by atoms with Crippen molar-refractivity contribution in [3.05, 3.63) is 95.7 Å². The maximum absolute atomic E-state index is 13.3. The average molecular weight is 484 g/mol. The Morgan fingerprint density at radius 3 is 2.21 bits per heavy atom. The van der Waals surface area contributed by atoms with Crippen LogP contribution >= 0.6 is 0 Å². The van der Waals surface area contributed by atoms with Crippen molar-refractivity contribution in [1.82, 2.24) is 9.88 Å². The van der Waals surface area contributed by atoms with Gasteiger partial charge < -0.3 is 15.2 Å². The van der Waals surface area contributed by atoms with Crippen LogP contribution in [0.4, 0.5) is 19.3 Å². The van der Waals surface area contributed by atoms with Crippen LogP contribution in [0, 0.1) is 18.6 Å². The first-order chi connectivity index (χ1) is 16.2. The largest absolute Gasteiger partial charge is 0.339 e. The lowest BCUT2D eigenvalue weighted by atomic mass is 10.2.